The number of aromatic nitrogens is 5. The lowest BCUT2D eigenvalue weighted by molar-refractivity contribution is -0.141. The monoisotopic (exact) mass is 436 g/mol. The van der Waals surface area contributed by atoms with Crippen molar-refractivity contribution in [1.29, 1.82) is 0 Å². The largest absolute Gasteiger partial charge is 0.435 e. The van der Waals surface area contributed by atoms with Crippen molar-refractivity contribution in [2.75, 3.05) is 0 Å². The van der Waals surface area contributed by atoms with E-state index in [1.807, 2.05) is 0 Å². The molecule has 3 heterocycles. The minimum absolute atomic E-state index is 0.106. The molecule has 1 aliphatic carbocycles. The zero-order chi connectivity index (χ0) is 22.2. The second-order valence-electron chi connectivity index (χ2n) is 7.23. The summed E-state index contributed by atoms with van der Waals surface area (Å²) in [5.41, 5.74) is 0.00791. The maximum atomic E-state index is 12.8. The first-order chi connectivity index (χ1) is 14.7. The SMILES string of the molecule is CC(NC(=O)c1cc(C(F)(F)F)nn1C)c1nc(-c2ccnc(COC3CC3)c2)no1. The molecule has 9 nitrogen and oxygen atoms in total. The molecule has 164 valence electrons. The van der Waals surface area contributed by atoms with Crippen LogP contribution in [0.4, 0.5) is 13.2 Å². The number of nitrogens with zero attached hydrogens (tertiary/aromatic N) is 5. The molecule has 1 aliphatic rings. The Bertz CT molecular complexity index is 1090. The molecular weight excluding hydrogens is 417 g/mol. The van der Waals surface area contributed by atoms with Gasteiger partial charge in [-0.3, -0.25) is 14.5 Å². The highest BCUT2D eigenvalue weighted by atomic mass is 19.4. The summed E-state index contributed by atoms with van der Waals surface area (Å²) in [7, 11) is 1.26. The summed E-state index contributed by atoms with van der Waals surface area (Å²) in [4.78, 5) is 20.9. The van der Waals surface area contributed by atoms with Crippen LogP contribution in [0, 0.1) is 0 Å². The minimum atomic E-state index is -4.64. The molecule has 12 heteroatoms. The first-order valence-electron chi connectivity index (χ1n) is 9.53. The van der Waals surface area contributed by atoms with E-state index in [0.29, 0.717) is 30.2 Å². The highest BCUT2D eigenvalue weighted by Crippen LogP contribution is 2.28. The fraction of sp³-hybridized carbons (Fsp3) is 0.421. The van der Waals surface area contributed by atoms with E-state index in [4.69, 9.17) is 9.26 Å². The van der Waals surface area contributed by atoms with Gasteiger partial charge in [-0.15, -0.1) is 0 Å². The molecule has 0 spiro atoms. The normalized spacial score (nSPS) is 15.1. The smallest absolute Gasteiger partial charge is 0.372 e. The number of rotatable bonds is 7. The van der Waals surface area contributed by atoms with Crippen molar-refractivity contribution < 1.29 is 27.2 Å². The molecular formula is C19H19F3N6O3. The number of alkyl halides is 3. The predicted octanol–water partition coefficient (Wildman–Crippen LogP) is 3.05. The van der Waals surface area contributed by atoms with Crippen molar-refractivity contribution >= 4 is 5.91 Å². The van der Waals surface area contributed by atoms with Gasteiger partial charge in [0.1, 0.15) is 11.7 Å². The average molecular weight is 436 g/mol. The number of carbonyl (C=O) groups is 1. The third-order valence-corrected chi connectivity index (χ3v) is 4.63. The fourth-order valence-corrected chi connectivity index (χ4v) is 2.81. The Morgan fingerprint density at radius 1 is 1.39 bits per heavy atom. The van der Waals surface area contributed by atoms with Crippen LogP contribution in [0.3, 0.4) is 0 Å². The lowest BCUT2D eigenvalue weighted by Crippen LogP contribution is -2.28. The second-order valence-corrected chi connectivity index (χ2v) is 7.23. The van der Waals surface area contributed by atoms with Crippen LogP contribution in [0.25, 0.3) is 11.4 Å². The number of halogens is 3. The molecule has 31 heavy (non-hydrogen) atoms. The van der Waals surface area contributed by atoms with Gasteiger partial charge in [0.15, 0.2) is 5.69 Å². The molecule has 1 saturated carbocycles. The third-order valence-electron chi connectivity index (χ3n) is 4.63. The van der Waals surface area contributed by atoms with Crippen molar-refractivity contribution in [3.8, 4) is 11.4 Å². The molecule has 0 aliphatic heterocycles. The van der Waals surface area contributed by atoms with Crippen LogP contribution in [0.1, 0.15) is 53.6 Å². The summed E-state index contributed by atoms with van der Waals surface area (Å²) >= 11 is 0. The van der Waals surface area contributed by atoms with Crippen molar-refractivity contribution in [2.24, 2.45) is 7.05 Å². The molecule has 1 unspecified atom stereocenters. The summed E-state index contributed by atoms with van der Waals surface area (Å²) in [6, 6.07) is 3.45. The maximum absolute atomic E-state index is 12.8. The predicted molar refractivity (Wildman–Crippen MR) is 99.4 cm³/mol. The molecule has 0 bridgehead atoms. The van der Waals surface area contributed by atoms with E-state index in [-0.39, 0.29) is 11.6 Å². The average Bonchev–Trinajstić information content (AvgIpc) is 3.24. The molecule has 1 amide bonds. The Hall–Kier alpha value is -3.28. The summed E-state index contributed by atoms with van der Waals surface area (Å²) in [5.74, 6) is -0.346. The van der Waals surface area contributed by atoms with Crippen LogP contribution >= 0.6 is 0 Å². The van der Waals surface area contributed by atoms with E-state index in [1.165, 1.54) is 7.05 Å². The van der Waals surface area contributed by atoms with Gasteiger partial charge in [0.05, 0.1) is 18.4 Å². The first-order valence-corrected chi connectivity index (χ1v) is 9.53. The molecule has 3 aromatic rings. The Morgan fingerprint density at radius 2 is 2.16 bits per heavy atom. The van der Waals surface area contributed by atoms with E-state index in [9.17, 15) is 18.0 Å². The van der Waals surface area contributed by atoms with Gasteiger partial charge in [0, 0.05) is 24.9 Å². The Labute approximate surface area is 174 Å². The molecule has 3 aromatic heterocycles. The van der Waals surface area contributed by atoms with Crippen molar-refractivity contribution in [3.63, 3.8) is 0 Å². The summed E-state index contributed by atoms with van der Waals surface area (Å²) in [6.07, 6.45) is -0.598. The quantitative estimate of drug-likeness (QED) is 0.606. The number of amides is 1. The molecule has 0 aromatic carbocycles. The van der Waals surface area contributed by atoms with E-state index in [0.717, 1.165) is 23.2 Å². The van der Waals surface area contributed by atoms with Crippen molar-refractivity contribution in [3.05, 3.63) is 47.4 Å². The third kappa shape index (κ3) is 4.90. The van der Waals surface area contributed by atoms with E-state index in [1.54, 1.807) is 25.3 Å². The second kappa shape index (κ2) is 8.10. The molecule has 4 rings (SSSR count). The lowest BCUT2D eigenvalue weighted by atomic mass is 10.2. The zero-order valence-electron chi connectivity index (χ0n) is 16.7. The maximum Gasteiger partial charge on any atom is 0.435 e. The van der Waals surface area contributed by atoms with Crippen LogP contribution in [0.15, 0.2) is 28.9 Å². The van der Waals surface area contributed by atoms with Gasteiger partial charge < -0.3 is 14.6 Å². The Morgan fingerprint density at radius 3 is 2.84 bits per heavy atom. The number of pyridine rings is 1. The van der Waals surface area contributed by atoms with Crippen LogP contribution < -0.4 is 5.32 Å². The van der Waals surface area contributed by atoms with Gasteiger partial charge in [0.2, 0.25) is 11.7 Å². The number of hydrogen-bond donors (Lipinski definition) is 1. The topological polar surface area (TPSA) is 108 Å². The molecule has 1 N–H and O–H groups in total. The minimum Gasteiger partial charge on any atom is -0.372 e. The number of nitrogens with one attached hydrogen (secondary N) is 1. The number of carbonyl (C=O) groups excluding carboxylic acids is 1. The van der Waals surface area contributed by atoms with Gasteiger partial charge in [0.25, 0.3) is 5.91 Å². The van der Waals surface area contributed by atoms with Gasteiger partial charge in [-0.1, -0.05) is 5.16 Å². The highest BCUT2D eigenvalue weighted by molar-refractivity contribution is 5.92. The van der Waals surface area contributed by atoms with E-state index in [2.05, 4.69) is 25.5 Å². The Kier molecular flexibility index (Phi) is 5.48. The van der Waals surface area contributed by atoms with Crippen molar-refractivity contribution in [2.45, 2.75) is 44.7 Å². The summed E-state index contributed by atoms with van der Waals surface area (Å²) in [5, 5.41) is 9.78. The van der Waals surface area contributed by atoms with Gasteiger partial charge in [-0.05, 0) is 31.9 Å². The fourth-order valence-electron chi connectivity index (χ4n) is 2.81. The lowest BCUT2D eigenvalue weighted by Gasteiger charge is -2.09. The molecule has 1 fully saturated rings. The Balaban J connectivity index is 1.43. The molecule has 0 saturated heterocycles. The van der Waals surface area contributed by atoms with E-state index < -0.39 is 23.8 Å². The van der Waals surface area contributed by atoms with Crippen LogP contribution in [0.5, 0.6) is 0 Å². The standard InChI is InChI=1S/C19H19F3N6O3/c1-10(24-17(29)14-8-15(19(20,21)22)26-28(14)2)18-25-16(27-31-18)11-5-6-23-12(7-11)9-30-13-3-4-13/h5-8,10,13H,3-4,9H2,1-2H3,(H,24,29). The first kappa shape index (κ1) is 21.0. The van der Waals surface area contributed by atoms with E-state index >= 15 is 0 Å². The van der Waals surface area contributed by atoms with Crippen LogP contribution in [0.2, 0.25) is 0 Å². The number of aryl methyl sites for hydroxylation is 1. The molecule has 0 radical (unpaired) electrons. The van der Waals surface area contributed by atoms with Gasteiger partial charge in [-0.25, -0.2) is 0 Å². The highest BCUT2D eigenvalue weighted by Gasteiger charge is 2.35. The summed E-state index contributed by atoms with van der Waals surface area (Å²) < 4.78 is 50.1. The zero-order valence-corrected chi connectivity index (χ0v) is 16.7. The van der Waals surface area contributed by atoms with Gasteiger partial charge >= 0.3 is 6.18 Å². The van der Waals surface area contributed by atoms with Crippen LogP contribution in [-0.2, 0) is 24.6 Å². The molecule has 1 atom stereocenters. The number of ether oxygens (including phenoxy) is 1. The van der Waals surface area contributed by atoms with Crippen molar-refractivity contribution in [1.82, 2.24) is 30.2 Å². The van der Waals surface area contributed by atoms with Gasteiger partial charge in [-0.2, -0.15) is 23.3 Å². The summed E-state index contributed by atoms with van der Waals surface area (Å²) in [6.45, 7) is 1.97. The van der Waals surface area contributed by atoms with Crippen LogP contribution in [-0.4, -0.2) is 36.9 Å². The number of hydrogen-bond acceptors (Lipinski definition) is 7.